The van der Waals surface area contributed by atoms with Gasteiger partial charge in [0.25, 0.3) is 0 Å². The Kier molecular flexibility index (Phi) is 3.87. The van der Waals surface area contributed by atoms with Crippen molar-refractivity contribution in [2.24, 2.45) is 0 Å². The van der Waals surface area contributed by atoms with Gasteiger partial charge in [-0.3, -0.25) is 0 Å². The monoisotopic (exact) mass is 381 g/mol. The van der Waals surface area contributed by atoms with Gasteiger partial charge in [0.2, 0.25) is 0 Å². The van der Waals surface area contributed by atoms with Crippen LogP contribution in [0, 0.1) is 0 Å². The Bertz CT molecular complexity index is 1050. The number of thiazole rings is 1. The molecule has 0 aliphatic carbocycles. The molecule has 1 saturated heterocycles. The molecule has 5 rings (SSSR count). The molecular formula is C19H16ClN5S. The Balaban J connectivity index is 1.39. The normalized spacial score (nSPS) is 15.1. The van der Waals surface area contributed by atoms with Gasteiger partial charge < -0.3 is 9.80 Å². The highest BCUT2D eigenvalue weighted by atomic mass is 35.5. The number of anilines is 2. The Morgan fingerprint density at radius 2 is 1.69 bits per heavy atom. The third-order valence-corrected chi connectivity index (χ3v) is 6.04. The van der Waals surface area contributed by atoms with Gasteiger partial charge in [-0.2, -0.15) is 0 Å². The van der Waals surface area contributed by atoms with Gasteiger partial charge in [0.15, 0.2) is 5.13 Å². The van der Waals surface area contributed by atoms with E-state index in [1.165, 1.54) is 4.70 Å². The first-order chi connectivity index (χ1) is 12.8. The number of halogens is 1. The van der Waals surface area contributed by atoms with Crippen molar-refractivity contribution in [2.75, 3.05) is 36.0 Å². The summed E-state index contributed by atoms with van der Waals surface area (Å²) in [6.07, 6.45) is 1.62. The Morgan fingerprint density at radius 1 is 0.885 bits per heavy atom. The number of hydrogen-bond donors (Lipinski definition) is 0. The first-order valence-electron chi connectivity index (χ1n) is 8.54. The molecule has 0 unspecified atom stereocenters. The molecule has 4 aromatic rings. The van der Waals surface area contributed by atoms with E-state index >= 15 is 0 Å². The van der Waals surface area contributed by atoms with E-state index in [1.807, 2.05) is 24.3 Å². The largest absolute Gasteiger partial charge is 0.352 e. The smallest absolute Gasteiger partial charge is 0.186 e. The zero-order chi connectivity index (χ0) is 17.5. The number of hydrogen-bond acceptors (Lipinski definition) is 6. The predicted molar refractivity (Wildman–Crippen MR) is 109 cm³/mol. The average Bonchev–Trinajstić information content (AvgIpc) is 3.12. The highest BCUT2D eigenvalue weighted by molar-refractivity contribution is 7.22. The van der Waals surface area contributed by atoms with Crippen molar-refractivity contribution < 1.29 is 0 Å². The van der Waals surface area contributed by atoms with Crippen LogP contribution >= 0.6 is 22.9 Å². The number of aromatic nitrogens is 3. The first-order valence-corrected chi connectivity index (χ1v) is 9.73. The minimum Gasteiger partial charge on any atom is -0.352 e. The van der Waals surface area contributed by atoms with E-state index in [4.69, 9.17) is 16.6 Å². The zero-order valence-corrected chi connectivity index (χ0v) is 15.5. The lowest BCUT2D eigenvalue weighted by molar-refractivity contribution is 0.648. The van der Waals surface area contributed by atoms with E-state index in [0.29, 0.717) is 5.02 Å². The molecule has 0 amide bonds. The maximum atomic E-state index is 6.09. The summed E-state index contributed by atoms with van der Waals surface area (Å²) >= 11 is 7.85. The van der Waals surface area contributed by atoms with Crippen molar-refractivity contribution >= 4 is 55.0 Å². The minimum atomic E-state index is 0.697. The minimum absolute atomic E-state index is 0.697. The lowest BCUT2D eigenvalue weighted by Gasteiger charge is -2.35. The lowest BCUT2D eigenvalue weighted by Crippen LogP contribution is -2.46. The summed E-state index contributed by atoms with van der Waals surface area (Å²) in [4.78, 5) is 18.3. The molecule has 5 nitrogen and oxygen atoms in total. The summed E-state index contributed by atoms with van der Waals surface area (Å²) in [6, 6.07) is 14.1. The van der Waals surface area contributed by atoms with Gasteiger partial charge >= 0.3 is 0 Å². The van der Waals surface area contributed by atoms with E-state index in [9.17, 15) is 0 Å². The number of fused-ring (bicyclic) bond motifs is 2. The molecule has 2 aromatic carbocycles. The van der Waals surface area contributed by atoms with Crippen LogP contribution in [0.2, 0.25) is 5.02 Å². The van der Waals surface area contributed by atoms with Crippen LogP contribution in [0.5, 0.6) is 0 Å². The second kappa shape index (κ2) is 6.37. The first kappa shape index (κ1) is 15.8. The molecule has 0 spiro atoms. The van der Waals surface area contributed by atoms with Gasteiger partial charge in [-0.25, -0.2) is 15.0 Å². The van der Waals surface area contributed by atoms with E-state index in [2.05, 4.69) is 38.0 Å². The molecule has 0 radical (unpaired) electrons. The van der Waals surface area contributed by atoms with Crippen molar-refractivity contribution in [3.63, 3.8) is 0 Å². The molecule has 1 aliphatic heterocycles. The third-order valence-electron chi connectivity index (χ3n) is 4.71. The van der Waals surface area contributed by atoms with E-state index in [-0.39, 0.29) is 0 Å². The van der Waals surface area contributed by atoms with Crippen molar-refractivity contribution in [1.82, 2.24) is 15.0 Å². The molecule has 0 N–H and O–H groups in total. The molecule has 7 heteroatoms. The molecule has 130 valence electrons. The molecule has 26 heavy (non-hydrogen) atoms. The summed E-state index contributed by atoms with van der Waals surface area (Å²) in [7, 11) is 0. The molecule has 2 aromatic heterocycles. The van der Waals surface area contributed by atoms with Crippen molar-refractivity contribution in [3.05, 3.63) is 53.8 Å². The van der Waals surface area contributed by atoms with E-state index in [1.54, 1.807) is 17.7 Å². The standard InChI is InChI=1S/C19H16ClN5S/c20-13-5-6-14-16(11-13)21-12-22-18(14)24-7-9-25(10-8-24)19-23-15-3-1-2-4-17(15)26-19/h1-6,11-12H,7-10H2. The third kappa shape index (κ3) is 2.75. The maximum Gasteiger partial charge on any atom is 0.186 e. The average molecular weight is 382 g/mol. The number of piperazine rings is 1. The topological polar surface area (TPSA) is 45.2 Å². The van der Waals surface area contributed by atoms with Crippen molar-refractivity contribution in [2.45, 2.75) is 0 Å². The van der Waals surface area contributed by atoms with Gasteiger partial charge in [-0.15, -0.1) is 0 Å². The van der Waals surface area contributed by atoms with E-state index in [0.717, 1.165) is 53.5 Å². The van der Waals surface area contributed by atoms with Crippen molar-refractivity contribution in [1.29, 1.82) is 0 Å². The van der Waals surface area contributed by atoms with E-state index < -0.39 is 0 Å². The number of para-hydroxylation sites is 1. The predicted octanol–water partition coefficient (Wildman–Crippen LogP) is 4.22. The summed E-state index contributed by atoms with van der Waals surface area (Å²) in [5, 5.41) is 2.85. The lowest BCUT2D eigenvalue weighted by atomic mass is 10.2. The second-order valence-corrected chi connectivity index (χ2v) is 7.74. The highest BCUT2D eigenvalue weighted by Crippen LogP contribution is 2.31. The molecule has 1 aliphatic rings. The molecule has 0 saturated carbocycles. The number of benzene rings is 2. The molecule has 3 heterocycles. The molecule has 0 atom stereocenters. The molecule has 0 bridgehead atoms. The van der Waals surface area contributed by atoms with Crippen LogP contribution in [0.15, 0.2) is 48.8 Å². The van der Waals surface area contributed by atoms with Crippen LogP contribution in [0.3, 0.4) is 0 Å². The van der Waals surface area contributed by atoms with Gasteiger partial charge in [0.1, 0.15) is 12.1 Å². The number of rotatable bonds is 2. The van der Waals surface area contributed by atoms with Crippen molar-refractivity contribution in [3.8, 4) is 0 Å². The van der Waals surface area contributed by atoms with Crippen LogP contribution < -0.4 is 9.80 Å². The number of nitrogens with zero attached hydrogens (tertiary/aromatic N) is 5. The SMILES string of the molecule is Clc1ccc2c(N3CCN(c4nc5ccccc5s4)CC3)ncnc2c1. The summed E-state index contributed by atoms with van der Waals surface area (Å²) in [6.45, 7) is 3.67. The van der Waals surface area contributed by atoms with Crippen LogP contribution in [0.4, 0.5) is 10.9 Å². The van der Waals surface area contributed by atoms with Crippen LogP contribution in [-0.2, 0) is 0 Å². The fourth-order valence-electron chi connectivity index (χ4n) is 3.37. The fourth-order valence-corrected chi connectivity index (χ4v) is 4.56. The maximum absolute atomic E-state index is 6.09. The molecular weight excluding hydrogens is 366 g/mol. The van der Waals surface area contributed by atoms with Gasteiger partial charge in [-0.1, -0.05) is 35.1 Å². The summed E-state index contributed by atoms with van der Waals surface area (Å²) in [5.74, 6) is 0.982. The van der Waals surface area contributed by atoms with Gasteiger partial charge in [0, 0.05) is 36.6 Å². The van der Waals surface area contributed by atoms with Gasteiger partial charge in [0.05, 0.1) is 15.7 Å². The Labute approximate surface area is 159 Å². The quantitative estimate of drug-likeness (QED) is 0.520. The highest BCUT2D eigenvalue weighted by Gasteiger charge is 2.22. The second-order valence-electron chi connectivity index (χ2n) is 6.30. The van der Waals surface area contributed by atoms with Crippen LogP contribution in [0.25, 0.3) is 21.1 Å². The van der Waals surface area contributed by atoms with Gasteiger partial charge in [-0.05, 0) is 30.3 Å². The summed E-state index contributed by atoms with van der Waals surface area (Å²) < 4.78 is 1.24. The Hall–Kier alpha value is -2.44. The molecule has 1 fully saturated rings. The fraction of sp³-hybridized carbons (Fsp3) is 0.211. The Morgan fingerprint density at radius 3 is 2.54 bits per heavy atom. The summed E-state index contributed by atoms with van der Waals surface area (Å²) in [5.41, 5.74) is 1.96. The van der Waals surface area contributed by atoms with Crippen LogP contribution in [-0.4, -0.2) is 41.1 Å². The zero-order valence-electron chi connectivity index (χ0n) is 14.0. The van der Waals surface area contributed by atoms with Crippen LogP contribution in [0.1, 0.15) is 0 Å².